The van der Waals surface area contributed by atoms with Crippen molar-refractivity contribution < 1.29 is 4.74 Å². The summed E-state index contributed by atoms with van der Waals surface area (Å²) in [5.41, 5.74) is 0.374. The molecule has 0 spiro atoms. The molecule has 0 amide bonds. The van der Waals surface area contributed by atoms with Gasteiger partial charge in [0.15, 0.2) is 16.7 Å². The van der Waals surface area contributed by atoms with Crippen molar-refractivity contribution in [3.63, 3.8) is 0 Å². The second-order valence-electron chi connectivity index (χ2n) is 6.15. The van der Waals surface area contributed by atoms with Crippen LogP contribution in [0.2, 0.25) is 5.15 Å². The Morgan fingerprint density at radius 2 is 1.89 bits per heavy atom. The first-order valence-electron chi connectivity index (χ1n) is 6.73. The lowest BCUT2D eigenvalue weighted by molar-refractivity contribution is 0.198. The van der Waals surface area contributed by atoms with E-state index in [1.807, 2.05) is 0 Å². The van der Waals surface area contributed by atoms with Crippen molar-refractivity contribution >= 4 is 17.4 Å². The number of hydrogen-bond donors (Lipinski definition) is 0. The molecule has 5 heteroatoms. The summed E-state index contributed by atoms with van der Waals surface area (Å²) in [6.45, 7) is 8.93. The molecule has 0 bridgehead atoms. The van der Waals surface area contributed by atoms with Crippen molar-refractivity contribution in [3.8, 4) is 5.75 Å². The van der Waals surface area contributed by atoms with Gasteiger partial charge < -0.3 is 9.64 Å². The maximum absolute atomic E-state index is 6.05. The average molecular weight is 284 g/mol. The number of aromatic nitrogens is 2. The van der Waals surface area contributed by atoms with E-state index in [1.54, 1.807) is 7.11 Å². The fourth-order valence-electron chi connectivity index (χ4n) is 2.70. The summed E-state index contributed by atoms with van der Waals surface area (Å²) < 4.78 is 5.32. The second-order valence-corrected chi connectivity index (χ2v) is 6.51. The van der Waals surface area contributed by atoms with Gasteiger partial charge in [0.2, 0.25) is 0 Å². The lowest BCUT2D eigenvalue weighted by Gasteiger charge is -2.39. The first-order chi connectivity index (χ1) is 8.93. The van der Waals surface area contributed by atoms with Crippen LogP contribution in [0.4, 0.5) is 5.82 Å². The van der Waals surface area contributed by atoms with Crippen LogP contribution < -0.4 is 9.64 Å². The van der Waals surface area contributed by atoms with Gasteiger partial charge in [-0.25, -0.2) is 9.97 Å². The molecule has 0 aromatic carbocycles. The fourth-order valence-corrected chi connectivity index (χ4v) is 2.91. The van der Waals surface area contributed by atoms with Crippen LogP contribution in [0.5, 0.6) is 5.75 Å². The predicted octanol–water partition coefficient (Wildman–Crippen LogP) is 3.40. The zero-order valence-electron chi connectivity index (χ0n) is 12.1. The quantitative estimate of drug-likeness (QED) is 0.780. The fraction of sp³-hybridized carbons (Fsp3) is 0.714. The standard InChI is InChI=1S/C14H22ClN3O/c1-14(2,3)10-5-7-18(8-6-10)13-11(19-4)12(15)16-9-17-13/h9-10H,5-8H2,1-4H3. The van der Waals surface area contributed by atoms with Crippen LogP contribution in [0.1, 0.15) is 33.6 Å². The average Bonchev–Trinajstić information content (AvgIpc) is 2.37. The molecule has 0 radical (unpaired) electrons. The lowest BCUT2D eigenvalue weighted by atomic mass is 9.75. The predicted molar refractivity (Wildman–Crippen MR) is 78.0 cm³/mol. The van der Waals surface area contributed by atoms with Crippen molar-refractivity contribution in [2.75, 3.05) is 25.1 Å². The van der Waals surface area contributed by atoms with Crippen LogP contribution >= 0.6 is 11.6 Å². The molecule has 0 unspecified atom stereocenters. The highest BCUT2D eigenvalue weighted by Gasteiger charge is 2.30. The molecular weight excluding hydrogens is 262 g/mol. The van der Waals surface area contributed by atoms with Gasteiger partial charge in [-0.05, 0) is 24.2 Å². The molecule has 2 heterocycles. The van der Waals surface area contributed by atoms with Crippen molar-refractivity contribution in [2.45, 2.75) is 33.6 Å². The number of rotatable bonds is 2. The first kappa shape index (κ1) is 14.4. The summed E-state index contributed by atoms with van der Waals surface area (Å²) in [4.78, 5) is 10.5. The van der Waals surface area contributed by atoms with Gasteiger partial charge in [-0.15, -0.1) is 0 Å². The van der Waals surface area contributed by atoms with Crippen LogP contribution in [0.25, 0.3) is 0 Å². The number of anilines is 1. The molecule has 0 N–H and O–H groups in total. The van der Waals surface area contributed by atoms with E-state index >= 15 is 0 Å². The third-order valence-electron chi connectivity index (χ3n) is 3.96. The van der Waals surface area contributed by atoms with Crippen LogP contribution in [0.3, 0.4) is 0 Å². The molecule has 106 valence electrons. The molecule has 1 aliphatic heterocycles. The number of nitrogens with zero attached hydrogens (tertiary/aromatic N) is 3. The number of halogens is 1. The van der Waals surface area contributed by atoms with Gasteiger partial charge in [0.25, 0.3) is 0 Å². The molecule has 1 saturated heterocycles. The van der Waals surface area contributed by atoms with Crippen molar-refractivity contribution in [1.82, 2.24) is 9.97 Å². The minimum atomic E-state index is 0.374. The molecule has 19 heavy (non-hydrogen) atoms. The number of hydrogen-bond acceptors (Lipinski definition) is 4. The third-order valence-corrected chi connectivity index (χ3v) is 4.23. The zero-order valence-corrected chi connectivity index (χ0v) is 12.9. The highest BCUT2D eigenvalue weighted by molar-refractivity contribution is 6.31. The van der Waals surface area contributed by atoms with Crippen molar-refractivity contribution in [1.29, 1.82) is 0 Å². The van der Waals surface area contributed by atoms with E-state index in [4.69, 9.17) is 16.3 Å². The molecule has 1 aromatic heterocycles. The first-order valence-corrected chi connectivity index (χ1v) is 7.10. The summed E-state index contributed by atoms with van der Waals surface area (Å²) in [7, 11) is 1.61. The molecule has 4 nitrogen and oxygen atoms in total. The van der Waals surface area contributed by atoms with E-state index in [-0.39, 0.29) is 0 Å². The number of methoxy groups -OCH3 is 1. The topological polar surface area (TPSA) is 38.3 Å². The zero-order chi connectivity index (χ0) is 14.0. The molecule has 0 aliphatic carbocycles. The van der Waals surface area contributed by atoms with E-state index < -0.39 is 0 Å². The number of ether oxygens (including phenoxy) is 1. The van der Waals surface area contributed by atoms with E-state index in [1.165, 1.54) is 19.2 Å². The maximum atomic E-state index is 6.05. The molecule has 2 rings (SSSR count). The van der Waals surface area contributed by atoms with Gasteiger partial charge in [-0.2, -0.15) is 0 Å². The molecule has 1 aromatic rings. The Labute approximate surface area is 120 Å². The minimum absolute atomic E-state index is 0.374. The van der Waals surface area contributed by atoms with Crippen LogP contribution in [-0.4, -0.2) is 30.2 Å². The number of piperidine rings is 1. The Morgan fingerprint density at radius 1 is 1.26 bits per heavy atom. The van der Waals surface area contributed by atoms with E-state index in [0.717, 1.165) is 24.8 Å². The Hall–Kier alpha value is -1.03. The van der Waals surface area contributed by atoms with Crippen LogP contribution in [-0.2, 0) is 0 Å². The van der Waals surface area contributed by atoms with Gasteiger partial charge in [-0.1, -0.05) is 32.4 Å². The highest BCUT2D eigenvalue weighted by atomic mass is 35.5. The van der Waals surface area contributed by atoms with Crippen LogP contribution in [0, 0.1) is 11.3 Å². The minimum Gasteiger partial charge on any atom is -0.490 e. The summed E-state index contributed by atoms with van der Waals surface area (Å²) in [5.74, 6) is 2.15. The van der Waals surface area contributed by atoms with Crippen molar-refractivity contribution in [2.24, 2.45) is 11.3 Å². The maximum Gasteiger partial charge on any atom is 0.199 e. The Bertz CT molecular complexity index is 437. The smallest absolute Gasteiger partial charge is 0.199 e. The molecule has 0 atom stereocenters. The summed E-state index contributed by atoms with van der Waals surface area (Å²) >= 11 is 6.05. The van der Waals surface area contributed by atoms with E-state index in [2.05, 4.69) is 35.6 Å². The summed E-state index contributed by atoms with van der Waals surface area (Å²) in [5, 5.41) is 0.380. The molecular formula is C14H22ClN3O. The Balaban J connectivity index is 2.12. The summed E-state index contributed by atoms with van der Waals surface area (Å²) in [6, 6.07) is 0. The normalized spacial score (nSPS) is 17.6. The lowest BCUT2D eigenvalue weighted by Crippen LogP contribution is -2.38. The van der Waals surface area contributed by atoms with Crippen LogP contribution in [0.15, 0.2) is 6.33 Å². The van der Waals surface area contributed by atoms with Gasteiger partial charge in [0.05, 0.1) is 7.11 Å². The SMILES string of the molecule is COc1c(Cl)ncnc1N1CCC(C(C)(C)C)CC1. The molecule has 1 fully saturated rings. The third kappa shape index (κ3) is 3.11. The molecule has 0 saturated carbocycles. The molecule has 1 aliphatic rings. The van der Waals surface area contributed by atoms with E-state index in [0.29, 0.717) is 16.3 Å². The largest absolute Gasteiger partial charge is 0.490 e. The van der Waals surface area contributed by atoms with Gasteiger partial charge in [0.1, 0.15) is 6.33 Å². The van der Waals surface area contributed by atoms with Crippen molar-refractivity contribution in [3.05, 3.63) is 11.5 Å². The van der Waals surface area contributed by atoms with Gasteiger partial charge in [0, 0.05) is 13.1 Å². The summed E-state index contributed by atoms with van der Waals surface area (Å²) in [6.07, 6.45) is 3.85. The Morgan fingerprint density at radius 3 is 2.42 bits per heavy atom. The second kappa shape index (κ2) is 5.53. The monoisotopic (exact) mass is 283 g/mol. The van der Waals surface area contributed by atoms with Gasteiger partial charge in [-0.3, -0.25) is 0 Å². The highest BCUT2D eigenvalue weighted by Crippen LogP contribution is 2.38. The van der Waals surface area contributed by atoms with Gasteiger partial charge >= 0.3 is 0 Å². The van der Waals surface area contributed by atoms with E-state index in [9.17, 15) is 0 Å². The Kier molecular flexibility index (Phi) is 4.19.